The van der Waals surface area contributed by atoms with E-state index < -0.39 is 0 Å². The Bertz CT molecular complexity index is 326. The minimum atomic E-state index is 0.497. The van der Waals surface area contributed by atoms with E-state index in [1.165, 1.54) is 52.0 Å². The van der Waals surface area contributed by atoms with Gasteiger partial charge in [0.1, 0.15) is 0 Å². The second-order valence-electron chi connectivity index (χ2n) is 7.45. The molecule has 3 aliphatic rings. The van der Waals surface area contributed by atoms with Crippen molar-refractivity contribution in [2.75, 3.05) is 39.3 Å². The molecule has 3 rings (SSSR count). The molecule has 3 heterocycles. The molecule has 0 amide bonds. The lowest BCUT2D eigenvalue weighted by atomic mass is 9.87. The molecule has 1 spiro atoms. The highest BCUT2D eigenvalue weighted by Gasteiger charge is 2.43. The van der Waals surface area contributed by atoms with Crippen molar-refractivity contribution in [2.24, 2.45) is 0 Å². The molecule has 0 aromatic heterocycles. The summed E-state index contributed by atoms with van der Waals surface area (Å²) in [6, 6.07) is 2.10. The molecule has 3 atom stereocenters. The maximum absolute atomic E-state index is 3.67. The van der Waals surface area contributed by atoms with E-state index in [4.69, 9.17) is 0 Å². The molecule has 3 saturated heterocycles. The van der Waals surface area contributed by atoms with Crippen LogP contribution in [0.1, 0.15) is 40.0 Å². The van der Waals surface area contributed by atoms with Gasteiger partial charge in [0.15, 0.2) is 0 Å². The van der Waals surface area contributed by atoms with Crippen molar-refractivity contribution < 1.29 is 0 Å². The topological polar surface area (TPSA) is 30.5 Å². The number of hydrogen-bond acceptors (Lipinski definition) is 4. The summed E-state index contributed by atoms with van der Waals surface area (Å²) in [5.74, 6) is 0. The SMILES string of the molecule is CC(CC1CNCCN1C(C)C)N1CCC2(CCN2)C1. The average Bonchev–Trinajstić information content (AvgIpc) is 2.84. The van der Waals surface area contributed by atoms with Gasteiger partial charge in [-0.2, -0.15) is 0 Å². The highest BCUT2D eigenvalue weighted by atomic mass is 15.3. The minimum Gasteiger partial charge on any atom is -0.314 e. The Hall–Kier alpha value is -0.160. The van der Waals surface area contributed by atoms with Gasteiger partial charge in [0.05, 0.1) is 0 Å². The Morgan fingerprint density at radius 1 is 1.15 bits per heavy atom. The third-order valence-corrected chi connectivity index (χ3v) is 5.78. The molecule has 20 heavy (non-hydrogen) atoms. The van der Waals surface area contributed by atoms with E-state index in [-0.39, 0.29) is 0 Å². The zero-order valence-electron chi connectivity index (χ0n) is 13.5. The van der Waals surface area contributed by atoms with E-state index in [2.05, 4.69) is 41.2 Å². The van der Waals surface area contributed by atoms with Crippen LogP contribution < -0.4 is 10.6 Å². The number of nitrogens with zero attached hydrogens (tertiary/aromatic N) is 2. The van der Waals surface area contributed by atoms with Crippen LogP contribution in [0.3, 0.4) is 0 Å². The first-order valence-corrected chi connectivity index (χ1v) is 8.55. The molecular formula is C16H32N4. The summed E-state index contributed by atoms with van der Waals surface area (Å²) >= 11 is 0. The maximum Gasteiger partial charge on any atom is 0.0333 e. The molecule has 0 radical (unpaired) electrons. The van der Waals surface area contributed by atoms with Gasteiger partial charge in [0, 0.05) is 56.4 Å². The predicted molar refractivity (Wildman–Crippen MR) is 84.1 cm³/mol. The fourth-order valence-corrected chi connectivity index (χ4v) is 4.33. The summed E-state index contributed by atoms with van der Waals surface area (Å²) in [6.45, 7) is 14.4. The molecule has 4 heteroatoms. The third-order valence-electron chi connectivity index (χ3n) is 5.78. The summed E-state index contributed by atoms with van der Waals surface area (Å²) in [7, 11) is 0. The highest BCUT2D eigenvalue weighted by Crippen LogP contribution is 2.32. The predicted octanol–water partition coefficient (Wildman–Crippen LogP) is 0.885. The van der Waals surface area contributed by atoms with Crippen LogP contribution in [-0.2, 0) is 0 Å². The summed E-state index contributed by atoms with van der Waals surface area (Å²) in [5, 5.41) is 7.25. The van der Waals surface area contributed by atoms with E-state index in [1.807, 2.05) is 0 Å². The smallest absolute Gasteiger partial charge is 0.0333 e. The fraction of sp³-hybridized carbons (Fsp3) is 1.00. The molecule has 0 saturated carbocycles. The number of rotatable bonds is 4. The summed E-state index contributed by atoms with van der Waals surface area (Å²) in [6.07, 6.45) is 4.05. The molecule has 3 unspecified atom stereocenters. The zero-order valence-corrected chi connectivity index (χ0v) is 13.5. The minimum absolute atomic E-state index is 0.497. The van der Waals surface area contributed by atoms with Crippen molar-refractivity contribution >= 4 is 0 Å². The molecule has 3 fully saturated rings. The van der Waals surface area contributed by atoms with Crippen LogP contribution in [0.5, 0.6) is 0 Å². The van der Waals surface area contributed by atoms with Gasteiger partial charge in [0.2, 0.25) is 0 Å². The Kier molecular flexibility index (Phi) is 4.37. The van der Waals surface area contributed by atoms with Crippen LogP contribution in [-0.4, -0.2) is 72.7 Å². The summed E-state index contributed by atoms with van der Waals surface area (Å²) in [5.41, 5.74) is 0.497. The summed E-state index contributed by atoms with van der Waals surface area (Å²) in [4.78, 5) is 5.42. The molecule has 0 bridgehead atoms. The van der Waals surface area contributed by atoms with Gasteiger partial charge >= 0.3 is 0 Å². The molecule has 0 aliphatic carbocycles. The Labute approximate surface area is 124 Å². The van der Waals surface area contributed by atoms with Gasteiger partial charge in [-0.25, -0.2) is 0 Å². The van der Waals surface area contributed by atoms with Crippen LogP contribution in [0.15, 0.2) is 0 Å². The molecule has 0 aromatic rings. The van der Waals surface area contributed by atoms with Crippen molar-refractivity contribution in [1.29, 1.82) is 0 Å². The largest absolute Gasteiger partial charge is 0.314 e. The van der Waals surface area contributed by atoms with Gasteiger partial charge in [-0.3, -0.25) is 9.80 Å². The van der Waals surface area contributed by atoms with E-state index in [0.717, 1.165) is 6.54 Å². The van der Waals surface area contributed by atoms with Gasteiger partial charge in [0.25, 0.3) is 0 Å². The molecule has 116 valence electrons. The Balaban J connectivity index is 1.53. The number of likely N-dealkylation sites (tertiary alicyclic amines) is 1. The standard InChI is InChI=1S/C16H32N4/c1-13(2)20-9-7-17-11-15(20)10-14(3)19-8-5-16(12-19)4-6-18-16/h13-15,17-18H,4-12H2,1-3H3. The average molecular weight is 280 g/mol. The Morgan fingerprint density at radius 3 is 2.55 bits per heavy atom. The first-order valence-electron chi connectivity index (χ1n) is 8.55. The van der Waals surface area contributed by atoms with Crippen LogP contribution in [0.25, 0.3) is 0 Å². The Morgan fingerprint density at radius 2 is 1.95 bits per heavy atom. The van der Waals surface area contributed by atoms with E-state index in [1.54, 1.807) is 0 Å². The second kappa shape index (κ2) is 5.91. The molecule has 2 N–H and O–H groups in total. The lowest BCUT2D eigenvalue weighted by Gasteiger charge is -2.43. The van der Waals surface area contributed by atoms with Gasteiger partial charge in [-0.1, -0.05) is 0 Å². The third kappa shape index (κ3) is 2.89. The molecule has 3 aliphatic heterocycles. The lowest BCUT2D eigenvalue weighted by Crippen LogP contribution is -2.59. The monoisotopic (exact) mass is 280 g/mol. The highest BCUT2D eigenvalue weighted by molar-refractivity contribution is 5.04. The van der Waals surface area contributed by atoms with E-state index in [0.29, 0.717) is 23.7 Å². The van der Waals surface area contributed by atoms with E-state index >= 15 is 0 Å². The molecule has 0 aromatic carbocycles. The second-order valence-corrected chi connectivity index (χ2v) is 7.45. The molecule has 4 nitrogen and oxygen atoms in total. The normalized spacial score (nSPS) is 37.5. The van der Waals surface area contributed by atoms with Gasteiger partial charge < -0.3 is 10.6 Å². The number of hydrogen-bond donors (Lipinski definition) is 2. The fourth-order valence-electron chi connectivity index (χ4n) is 4.33. The van der Waals surface area contributed by atoms with Crippen LogP contribution in [0, 0.1) is 0 Å². The van der Waals surface area contributed by atoms with Crippen molar-refractivity contribution in [2.45, 2.75) is 63.7 Å². The van der Waals surface area contributed by atoms with E-state index in [9.17, 15) is 0 Å². The quantitative estimate of drug-likeness (QED) is 0.800. The van der Waals surface area contributed by atoms with Crippen LogP contribution >= 0.6 is 0 Å². The first-order chi connectivity index (χ1) is 9.60. The van der Waals surface area contributed by atoms with Crippen molar-refractivity contribution in [1.82, 2.24) is 20.4 Å². The van der Waals surface area contributed by atoms with Crippen LogP contribution in [0.2, 0.25) is 0 Å². The maximum atomic E-state index is 3.67. The first kappa shape index (κ1) is 14.8. The summed E-state index contributed by atoms with van der Waals surface area (Å²) < 4.78 is 0. The van der Waals surface area contributed by atoms with Crippen molar-refractivity contribution in [3.8, 4) is 0 Å². The molecular weight excluding hydrogens is 248 g/mol. The van der Waals surface area contributed by atoms with Crippen LogP contribution in [0.4, 0.5) is 0 Å². The zero-order chi connectivity index (χ0) is 14.2. The lowest BCUT2D eigenvalue weighted by molar-refractivity contribution is 0.0882. The van der Waals surface area contributed by atoms with Crippen molar-refractivity contribution in [3.05, 3.63) is 0 Å². The van der Waals surface area contributed by atoms with Gasteiger partial charge in [-0.05, 0) is 46.6 Å². The van der Waals surface area contributed by atoms with Gasteiger partial charge in [-0.15, -0.1) is 0 Å². The number of nitrogens with one attached hydrogen (secondary N) is 2. The van der Waals surface area contributed by atoms with Crippen molar-refractivity contribution in [3.63, 3.8) is 0 Å². The number of piperazine rings is 1.